The van der Waals surface area contributed by atoms with Crippen LogP contribution in [0.2, 0.25) is 0 Å². The number of alkyl halides is 3. The molecule has 3 aromatic rings. The average molecular weight is 342 g/mol. The summed E-state index contributed by atoms with van der Waals surface area (Å²) in [5.41, 5.74) is 0.607. The first-order chi connectivity index (χ1) is 10.9. The summed E-state index contributed by atoms with van der Waals surface area (Å²) in [6.45, 7) is 2.52. The molecule has 0 saturated heterocycles. The molecule has 0 aliphatic rings. The molecular formula is C13H13F3N6S. The van der Waals surface area contributed by atoms with E-state index in [0.717, 1.165) is 23.2 Å². The number of hydrogen-bond donors (Lipinski definition) is 0. The van der Waals surface area contributed by atoms with Crippen molar-refractivity contribution >= 4 is 17.5 Å². The number of aromatic nitrogens is 6. The number of thioether (sulfide) groups is 1. The third kappa shape index (κ3) is 3.63. The van der Waals surface area contributed by atoms with Crippen molar-refractivity contribution in [2.75, 3.05) is 5.75 Å². The van der Waals surface area contributed by atoms with Crippen molar-refractivity contribution in [1.82, 2.24) is 29.1 Å². The van der Waals surface area contributed by atoms with Gasteiger partial charge in [-0.1, -0.05) is 0 Å². The smallest absolute Gasteiger partial charge is 0.337 e. The largest absolute Gasteiger partial charge is 0.453 e. The highest BCUT2D eigenvalue weighted by atomic mass is 32.2. The van der Waals surface area contributed by atoms with Crippen LogP contribution >= 0.6 is 11.8 Å². The fraction of sp³-hybridized carbons (Fsp3) is 0.385. The van der Waals surface area contributed by atoms with Crippen LogP contribution in [-0.2, 0) is 12.7 Å². The molecule has 122 valence electrons. The zero-order valence-corrected chi connectivity index (χ0v) is 13.0. The van der Waals surface area contributed by atoms with Crippen molar-refractivity contribution < 1.29 is 13.2 Å². The number of halogens is 3. The summed E-state index contributed by atoms with van der Waals surface area (Å²) >= 11 is 1.43. The molecule has 6 nitrogen and oxygen atoms in total. The number of hydrogen-bond acceptors (Lipinski definition) is 5. The van der Waals surface area contributed by atoms with Gasteiger partial charge in [-0.3, -0.25) is 0 Å². The highest BCUT2D eigenvalue weighted by Crippen LogP contribution is 2.28. The minimum Gasteiger partial charge on any atom is -0.337 e. The molecule has 3 aromatic heterocycles. The lowest BCUT2D eigenvalue weighted by atomic mass is 10.5. The fourth-order valence-corrected chi connectivity index (χ4v) is 3.00. The van der Waals surface area contributed by atoms with Crippen LogP contribution in [0.25, 0.3) is 5.78 Å². The Hall–Kier alpha value is -2.10. The van der Waals surface area contributed by atoms with Gasteiger partial charge in [-0.05, 0) is 19.4 Å². The van der Waals surface area contributed by atoms with E-state index in [-0.39, 0.29) is 5.78 Å². The van der Waals surface area contributed by atoms with Gasteiger partial charge in [0.2, 0.25) is 0 Å². The molecule has 0 unspecified atom stereocenters. The van der Waals surface area contributed by atoms with E-state index in [2.05, 4.69) is 20.1 Å². The van der Waals surface area contributed by atoms with Crippen LogP contribution in [0.15, 0.2) is 29.8 Å². The van der Waals surface area contributed by atoms with Crippen molar-refractivity contribution in [3.63, 3.8) is 0 Å². The van der Waals surface area contributed by atoms with Gasteiger partial charge in [0.15, 0.2) is 0 Å². The van der Waals surface area contributed by atoms with E-state index in [9.17, 15) is 13.2 Å². The van der Waals surface area contributed by atoms with Crippen molar-refractivity contribution in [2.45, 2.75) is 31.1 Å². The third-order valence-corrected chi connectivity index (χ3v) is 4.11. The van der Waals surface area contributed by atoms with Gasteiger partial charge in [0.05, 0.1) is 6.33 Å². The number of nitrogens with zero attached hydrogens (tertiary/aromatic N) is 6. The predicted molar refractivity (Wildman–Crippen MR) is 78.1 cm³/mol. The molecule has 0 spiro atoms. The van der Waals surface area contributed by atoms with Gasteiger partial charge >= 0.3 is 6.18 Å². The van der Waals surface area contributed by atoms with Crippen LogP contribution in [0.1, 0.15) is 17.9 Å². The van der Waals surface area contributed by atoms with Crippen LogP contribution in [0, 0.1) is 6.92 Å². The van der Waals surface area contributed by atoms with Crippen LogP contribution in [0.5, 0.6) is 0 Å². The van der Waals surface area contributed by atoms with E-state index in [1.54, 1.807) is 25.5 Å². The molecule has 0 fully saturated rings. The molecule has 0 saturated carbocycles. The van der Waals surface area contributed by atoms with Crippen molar-refractivity contribution in [3.8, 4) is 0 Å². The van der Waals surface area contributed by atoms with Gasteiger partial charge in [-0.15, -0.1) is 16.9 Å². The maximum atomic E-state index is 12.7. The average Bonchev–Trinajstić information content (AvgIpc) is 3.11. The second-order valence-electron chi connectivity index (χ2n) is 4.88. The Labute approximate surface area is 133 Å². The number of aryl methyl sites for hydroxylation is 2. The molecule has 0 bridgehead atoms. The van der Waals surface area contributed by atoms with E-state index >= 15 is 0 Å². The molecule has 10 heteroatoms. The van der Waals surface area contributed by atoms with E-state index in [1.165, 1.54) is 11.8 Å². The first kappa shape index (κ1) is 15.8. The first-order valence-electron chi connectivity index (χ1n) is 6.83. The standard InChI is InChI=1S/C13H13F3N6S/c1-9-7-10(23-6-2-4-21-5-3-17-8-21)22-12(18-9)19-11(20-22)13(14,15)16/h3,5,7-8H,2,4,6H2,1H3. The highest BCUT2D eigenvalue weighted by molar-refractivity contribution is 7.99. The minimum absolute atomic E-state index is 0.0329. The van der Waals surface area contributed by atoms with Gasteiger partial charge in [0.1, 0.15) is 5.03 Å². The second kappa shape index (κ2) is 6.19. The maximum absolute atomic E-state index is 12.7. The summed E-state index contributed by atoms with van der Waals surface area (Å²) in [7, 11) is 0. The molecule has 3 heterocycles. The summed E-state index contributed by atoms with van der Waals surface area (Å²) in [6, 6.07) is 1.71. The van der Waals surface area contributed by atoms with Crippen LogP contribution in [-0.4, -0.2) is 34.9 Å². The highest BCUT2D eigenvalue weighted by Gasteiger charge is 2.36. The van der Waals surface area contributed by atoms with Gasteiger partial charge in [0.25, 0.3) is 11.6 Å². The molecular weight excluding hydrogens is 329 g/mol. The summed E-state index contributed by atoms with van der Waals surface area (Å²) < 4.78 is 41.3. The summed E-state index contributed by atoms with van der Waals surface area (Å²) in [6.07, 6.45) is 1.58. The fourth-order valence-electron chi connectivity index (χ4n) is 2.02. The molecule has 23 heavy (non-hydrogen) atoms. The second-order valence-corrected chi connectivity index (χ2v) is 6.00. The predicted octanol–water partition coefficient (Wildman–Crippen LogP) is 2.83. The van der Waals surface area contributed by atoms with Crippen LogP contribution < -0.4 is 0 Å². The molecule has 3 rings (SSSR count). The molecule has 0 N–H and O–H groups in total. The van der Waals surface area contributed by atoms with Gasteiger partial charge in [-0.2, -0.15) is 22.7 Å². The molecule has 0 amide bonds. The molecule has 0 aromatic carbocycles. The van der Waals surface area contributed by atoms with Crippen LogP contribution in [0.4, 0.5) is 13.2 Å². The van der Waals surface area contributed by atoms with Gasteiger partial charge in [-0.25, -0.2) is 9.97 Å². The lowest BCUT2D eigenvalue weighted by Crippen LogP contribution is -2.07. The Morgan fingerprint density at radius 1 is 1.26 bits per heavy atom. The summed E-state index contributed by atoms with van der Waals surface area (Å²) in [5.74, 6) is -0.469. The molecule has 0 aliphatic heterocycles. The van der Waals surface area contributed by atoms with E-state index in [0.29, 0.717) is 10.7 Å². The molecule has 0 radical (unpaired) electrons. The Morgan fingerprint density at radius 3 is 2.78 bits per heavy atom. The van der Waals surface area contributed by atoms with Crippen molar-refractivity contribution in [2.24, 2.45) is 0 Å². The SMILES string of the molecule is Cc1cc(SCCCn2ccnc2)n2nc(C(F)(F)F)nc2n1. The zero-order valence-electron chi connectivity index (χ0n) is 12.2. The normalized spacial score (nSPS) is 12.2. The van der Waals surface area contributed by atoms with E-state index in [4.69, 9.17) is 0 Å². The Bertz CT molecular complexity index is 796. The third-order valence-electron chi connectivity index (χ3n) is 3.03. The lowest BCUT2D eigenvalue weighted by Gasteiger charge is -2.05. The molecule has 0 atom stereocenters. The minimum atomic E-state index is -4.58. The number of rotatable bonds is 5. The summed E-state index contributed by atoms with van der Waals surface area (Å²) in [5, 5.41) is 4.13. The Balaban J connectivity index is 1.75. The Kier molecular flexibility index (Phi) is 4.24. The number of fused-ring (bicyclic) bond motifs is 1. The molecule has 0 aliphatic carbocycles. The Morgan fingerprint density at radius 2 is 2.09 bits per heavy atom. The monoisotopic (exact) mass is 342 g/mol. The van der Waals surface area contributed by atoms with Crippen LogP contribution in [0.3, 0.4) is 0 Å². The van der Waals surface area contributed by atoms with E-state index < -0.39 is 12.0 Å². The zero-order chi connectivity index (χ0) is 16.4. The topological polar surface area (TPSA) is 60.9 Å². The van der Waals surface area contributed by atoms with E-state index in [1.807, 2.05) is 10.8 Å². The maximum Gasteiger partial charge on any atom is 0.453 e. The quantitative estimate of drug-likeness (QED) is 0.405. The van der Waals surface area contributed by atoms with Crippen molar-refractivity contribution in [3.05, 3.63) is 36.3 Å². The summed E-state index contributed by atoms with van der Waals surface area (Å²) in [4.78, 5) is 11.4. The first-order valence-corrected chi connectivity index (χ1v) is 7.82. The van der Waals surface area contributed by atoms with Crippen molar-refractivity contribution in [1.29, 1.82) is 0 Å². The lowest BCUT2D eigenvalue weighted by molar-refractivity contribution is -0.144. The van der Waals surface area contributed by atoms with Gasteiger partial charge in [0, 0.05) is 30.4 Å². The van der Waals surface area contributed by atoms with Gasteiger partial charge < -0.3 is 4.57 Å². The number of imidazole rings is 1.